The number of hydrogen-bond acceptors (Lipinski definition) is 0. The molecule has 0 amide bonds. The molecule has 0 radical (unpaired) electrons. The quantitative estimate of drug-likeness (QED) is 0.529. The molecule has 0 aliphatic rings. The first-order valence-corrected chi connectivity index (χ1v) is 4.66. The highest BCUT2D eigenvalue weighted by Gasteiger charge is 2.11. The second-order valence-corrected chi connectivity index (χ2v) is 6.12. The molecule has 10 heavy (non-hydrogen) atoms. The van der Waals surface area contributed by atoms with E-state index in [2.05, 4.69) is 44.2 Å². The summed E-state index contributed by atoms with van der Waals surface area (Å²) in [6.07, 6.45) is 0. The lowest BCUT2D eigenvalue weighted by molar-refractivity contribution is 0.764. The predicted octanol–water partition coefficient (Wildman–Crippen LogP) is 1.29. The molecule has 0 spiro atoms. The normalized spacial score (nSPS) is 11.8. The molecular formula is C9H14Si. The van der Waals surface area contributed by atoms with Gasteiger partial charge in [-0.3, -0.25) is 0 Å². The second-order valence-electron chi connectivity index (χ2n) is 3.62. The lowest BCUT2D eigenvalue weighted by Gasteiger charge is -2.18. The first kappa shape index (κ1) is 7.54. The Morgan fingerprint density at radius 1 is 1.10 bits per heavy atom. The van der Waals surface area contributed by atoms with Crippen molar-refractivity contribution in [1.29, 1.82) is 0 Å². The van der Waals surface area contributed by atoms with Crippen molar-refractivity contribution in [3.63, 3.8) is 0 Å². The van der Waals surface area contributed by atoms with Crippen LogP contribution in [0.5, 0.6) is 0 Å². The van der Waals surface area contributed by atoms with E-state index in [0.717, 1.165) is 0 Å². The van der Waals surface area contributed by atoms with Gasteiger partial charge in [0.15, 0.2) is 0 Å². The van der Waals surface area contributed by atoms with Crippen LogP contribution in [0, 0.1) is 0 Å². The van der Waals surface area contributed by atoms with E-state index in [-0.39, 0.29) is 0 Å². The number of rotatable bonds is 1. The molecule has 0 aromatic heterocycles. The SMILES string of the molecule is CC(C)([SiH3])c1ccccc1. The van der Waals surface area contributed by atoms with E-state index >= 15 is 0 Å². The third-order valence-electron chi connectivity index (χ3n) is 1.64. The van der Waals surface area contributed by atoms with E-state index in [1.807, 2.05) is 0 Å². The molecule has 0 saturated heterocycles. The third-order valence-corrected chi connectivity index (χ3v) is 2.22. The van der Waals surface area contributed by atoms with E-state index in [1.54, 1.807) is 0 Å². The Morgan fingerprint density at radius 2 is 1.60 bits per heavy atom. The van der Waals surface area contributed by atoms with Gasteiger partial charge in [-0.2, -0.15) is 0 Å². The van der Waals surface area contributed by atoms with Gasteiger partial charge in [-0.05, 0) is 10.6 Å². The molecule has 0 unspecified atom stereocenters. The van der Waals surface area contributed by atoms with Gasteiger partial charge in [0.1, 0.15) is 0 Å². The van der Waals surface area contributed by atoms with Gasteiger partial charge in [0, 0.05) is 10.2 Å². The van der Waals surface area contributed by atoms with Gasteiger partial charge in [-0.1, -0.05) is 44.2 Å². The lowest BCUT2D eigenvalue weighted by Crippen LogP contribution is -2.15. The maximum Gasteiger partial charge on any atom is 0.0155 e. The standard InChI is InChI=1S/C9H14Si/c1-9(2,10)8-6-4-3-5-7-8/h3-7H,1-2,10H3. The van der Waals surface area contributed by atoms with Crippen molar-refractivity contribution in [3.8, 4) is 0 Å². The molecule has 1 aromatic carbocycles. The molecule has 0 atom stereocenters. The summed E-state index contributed by atoms with van der Waals surface area (Å²) in [5, 5.41) is 0.432. The monoisotopic (exact) mass is 150 g/mol. The van der Waals surface area contributed by atoms with Crippen LogP contribution < -0.4 is 0 Å². The molecule has 0 nitrogen and oxygen atoms in total. The van der Waals surface area contributed by atoms with E-state index in [9.17, 15) is 0 Å². The van der Waals surface area contributed by atoms with E-state index in [0.29, 0.717) is 5.04 Å². The Balaban J connectivity index is 2.97. The van der Waals surface area contributed by atoms with Crippen LogP contribution in [0.3, 0.4) is 0 Å². The van der Waals surface area contributed by atoms with Crippen LogP contribution in [-0.2, 0) is 5.04 Å². The summed E-state index contributed by atoms with van der Waals surface area (Å²) in [4.78, 5) is 0. The maximum absolute atomic E-state index is 2.29. The van der Waals surface area contributed by atoms with E-state index in [4.69, 9.17) is 0 Å². The highest BCUT2D eigenvalue weighted by atomic mass is 28.1. The summed E-state index contributed by atoms with van der Waals surface area (Å²) >= 11 is 0. The van der Waals surface area contributed by atoms with Crippen LogP contribution in [-0.4, -0.2) is 10.2 Å². The minimum absolute atomic E-state index is 0.432. The summed E-state index contributed by atoms with van der Waals surface area (Å²) in [5.74, 6) is 0. The van der Waals surface area contributed by atoms with Gasteiger partial charge in [0.2, 0.25) is 0 Å². The molecular weight excluding hydrogens is 136 g/mol. The molecule has 1 aromatic rings. The van der Waals surface area contributed by atoms with E-state index < -0.39 is 0 Å². The first-order valence-electron chi connectivity index (χ1n) is 3.66. The number of hydrogen-bond donors (Lipinski definition) is 0. The molecule has 0 fully saturated rings. The molecule has 54 valence electrons. The topological polar surface area (TPSA) is 0 Å². The highest BCUT2D eigenvalue weighted by Crippen LogP contribution is 2.17. The van der Waals surface area contributed by atoms with Gasteiger partial charge in [0.05, 0.1) is 0 Å². The number of benzene rings is 1. The summed E-state index contributed by atoms with van der Waals surface area (Å²) in [6, 6.07) is 10.7. The average molecular weight is 150 g/mol. The first-order chi connectivity index (χ1) is 4.61. The Hall–Kier alpha value is -0.563. The minimum Gasteiger partial charge on any atom is -0.0622 e. The van der Waals surface area contributed by atoms with Gasteiger partial charge in [-0.15, -0.1) is 0 Å². The summed E-state index contributed by atoms with van der Waals surface area (Å²) < 4.78 is 0. The largest absolute Gasteiger partial charge is 0.0622 e. The van der Waals surface area contributed by atoms with Crippen LogP contribution in [0.15, 0.2) is 30.3 Å². The zero-order chi connectivity index (χ0) is 7.61. The average Bonchev–Trinajstić information content (AvgIpc) is 1.88. The fourth-order valence-electron chi connectivity index (χ4n) is 0.938. The fraction of sp³-hybridized carbons (Fsp3) is 0.333. The molecule has 0 saturated carbocycles. The van der Waals surface area contributed by atoms with Gasteiger partial charge >= 0.3 is 0 Å². The van der Waals surface area contributed by atoms with Crippen LogP contribution in [0.2, 0.25) is 0 Å². The highest BCUT2D eigenvalue weighted by molar-refractivity contribution is 6.15. The zero-order valence-electron chi connectivity index (χ0n) is 6.89. The molecule has 0 bridgehead atoms. The van der Waals surface area contributed by atoms with Crippen LogP contribution in [0.25, 0.3) is 0 Å². The van der Waals surface area contributed by atoms with Crippen molar-refractivity contribution in [1.82, 2.24) is 0 Å². The van der Waals surface area contributed by atoms with Crippen molar-refractivity contribution in [3.05, 3.63) is 35.9 Å². The molecule has 0 N–H and O–H groups in total. The predicted molar refractivity (Wildman–Crippen MR) is 49.4 cm³/mol. The smallest absolute Gasteiger partial charge is 0.0155 e. The van der Waals surface area contributed by atoms with Crippen molar-refractivity contribution in [2.75, 3.05) is 0 Å². The Morgan fingerprint density at radius 3 is 1.90 bits per heavy atom. The molecule has 1 heteroatoms. The Labute approximate surface area is 65.7 Å². The summed E-state index contributed by atoms with van der Waals surface area (Å²) in [6.45, 7) is 4.57. The molecule has 0 aliphatic carbocycles. The molecule has 0 aliphatic heterocycles. The van der Waals surface area contributed by atoms with Crippen molar-refractivity contribution in [2.24, 2.45) is 0 Å². The molecule has 0 heterocycles. The summed E-state index contributed by atoms with van der Waals surface area (Å²) in [7, 11) is 1.22. The minimum atomic E-state index is 0.432. The Kier molecular flexibility index (Phi) is 1.95. The maximum atomic E-state index is 2.29. The van der Waals surface area contributed by atoms with Crippen LogP contribution in [0.1, 0.15) is 19.4 Å². The van der Waals surface area contributed by atoms with Crippen molar-refractivity contribution < 1.29 is 0 Å². The van der Waals surface area contributed by atoms with Gasteiger partial charge in [-0.25, -0.2) is 0 Å². The van der Waals surface area contributed by atoms with Crippen molar-refractivity contribution in [2.45, 2.75) is 18.9 Å². The van der Waals surface area contributed by atoms with Crippen LogP contribution >= 0.6 is 0 Å². The fourth-order valence-corrected chi connectivity index (χ4v) is 1.27. The zero-order valence-corrected chi connectivity index (χ0v) is 8.89. The third kappa shape index (κ3) is 1.71. The van der Waals surface area contributed by atoms with Gasteiger partial charge < -0.3 is 0 Å². The second kappa shape index (κ2) is 2.58. The van der Waals surface area contributed by atoms with Gasteiger partial charge in [0.25, 0.3) is 0 Å². The van der Waals surface area contributed by atoms with Crippen molar-refractivity contribution >= 4 is 10.2 Å². The van der Waals surface area contributed by atoms with Crippen LogP contribution in [0.4, 0.5) is 0 Å². The van der Waals surface area contributed by atoms with E-state index in [1.165, 1.54) is 15.8 Å². The Bertz CT molecular complexity index is 196. The molecule has 1 rings (SSSR count). The summed E-state index contributed by atoms with van der Waals surface area (Å²) in [5.41, 5.74) is 1.46. The lowest BCUT2D eigenvalue weighted by atomic mass is 10.0.